The Hall–Kier alpha value is -2.24. The van der Waals surface area contributed by atoms with Crippen LogP contribution in [-0.2, 0) is 11.3 Å². The molecule has 0 radical (unpaired) electrons. The maximum atomic E-state index is 13.2. The molecule has 114 valence electrons. The first-order valence-corrected chi connectivity index (χ1v) is 7.56. The largest absolute Gasteiger partial charge is 0.339 e. The normalized spacial score (nSPS) is 21.8. The van der Waals surface area contributed by atoms with Gasteiger partial charge in [0, 0.05) is 37.5 Å². The average molecular weight is 301 g/mol. The van der Waals surface area contributed by atoms with Crippen LogP contribution >= 0.6 is 0 Å². The van der Waals surface area contributed by atoms with Crippen LogP contribution in [0, 0.1) is 11.7 Å². The fraction of sp³-hybridized carbons (Fsp3) is 0.438. The summed E-state index contributed by atoms with van der Waals surface area (Å²) in [6, 6.07) is 4.41. The lowest BCUT2D eigenvalue weighted by Gasteiger charge is -2.16. The Labute approximate surface area is 126 Å². The Morgan fingerprint density at radius 1 is 1.27 bits per heavy atom. The Bertz CT molecular complexity index is 813. The second-order valence-corrected chi connectivity index (χ2v) is 6.21. The van der Waals surface area contributed by atoms with Gasteiger partial charge in [0.15, 0.2) is 0 Å². The van der Waals surface area contributed by atoms with Crippen LogP contribution in [0.25, 0.3) is 10.9 Å². The van der Waals surface area contributed by atoms with Crippen molar-refractivity contribution in [2.24, 2.45) is 5.92 Å². The standard InChI is InChI=1S/C16H16FN3O2/c17-11-1-4-13-14(6-11)18-9-19(16(13)22)7-10-5-15(21)20(8-10)12-2-3-12/h1,4,6,9-10,12H,2-3,5,7-8H2/t10-/m1/s1. The summed E-state index contributed by atoms with van der Waals surface area (Å²) in [4.78, 5) is 30.5. The first-order chi connectivity index (χ1) is 10.6. The van der Waals surface area contributed by atoms with Gasteiger partial charge >= 0.3 is 0 Å². The highest BCUT2D eigenvalue weighted by Crippen LogP contribution is 2.32. The van der Waals surface area contributed by atoms with Gasteiger partial charge < -0.3 is 4.90 Å². The van der Waals surface area contributed by atoms with Crippen molar-refractivity contribution >= 4 is 16.8 Å². The number of carbonyl (C=O) groups is 1. The first-order valence-electron chi connectivity index (χ1n) is 7.56. The highest BCUT2D eigenvalue weighted by Gasteiger charge is 2.39. The summed E-state index contributed by atoms with van der Waals surface area (Å²) in [5.74, 6) is -0.0690. The first kappa shape index (κ1) is 13.4. The molecule has 1 aromatic carbocycles. The number of benzene rings is 1. The second-order valence-electron chi connectivity index (χ2n) is 6.21. The van der Waals surface area contributed by atoms with Crippen LogP contribution in [0.3, 0.4) is 0 Å². The van der Waals surface area contributed by atoms with Crippen LogP contribution in [0.5, 0.6) is 0 Å². The average Bonchev–Trinajstić information content (AvgIpc) is 3.26. The summed E-state index contributed by atoms with van der Waals surface area (Å²) < 4.78 is 14.7. The number of nitrogens with zero attached hydrogens (tertiary/aromatic N) is 3. The fourth-order valence-electron chi connectivity index (χ4n) is 3.21. The van der Waals surface area contributed by atoms with Crippen molar-refractivity contribution in [1.29, 1.82) is 0 Å². The smallest absolute Gasteiger partial charge is 0.261 e. The van der Waals surface area contributed by atoms with Gasteiger partial charge in [-0.25, -0.2) is 9.37 Å². The van der Waals surface area contributed by atoms with Crippen molar-refractivity contribution in [2.75, 3.05) is 6.54 Å². The SMILES string of the molecule is O=C1C[C@H](Cn2cnc3cc(F)ccc3c2=O)CN1C1CC1. The van der Waals surface area contributed by atoms with Crippen LogP contribution in [-0.4, -0.2) is 32.9 Å². The molecule has 1 aliphatic heterocycles. The van der Waals surface area contributed by atoms with E-state index in [1.54, 1.807) is 0 Å². The molecular formula is C16H16FN3O2. The summed E-state index contributed by atoms with van der Waals surface area (Å²) >= 11 is 0. The number of hydrogen-bond donors (Lipinski definition) is 0. The number of rotatable bonds is 3. The molecule has 1 saturated heterocycles. The van der Waals surface area contributed by atoms with Crippen LogP contribution in [0.15, 0.2) is 29.3 Å². The maximum Gasteiger partial charge on any atom is 0.261 e. The third-order valence-electron chi connectivity index (χ3n) is 4.47. The Kier molecular flexibility index (Phi) is 2.99. The summed E-state index contributed by atoms with van der Waals surface area (Å²) in [6.07, 6.45) is 4.14. The molecule has 1 amide bonds. The number of halogens is 1. The van der Waals surface area contributed by atoms with Crippen molar-refractivity contribution in [3.8, 4) is 0 Å². The molecule has 5 nitrogen and oxygen atoms in total. The molecule has 0 spiro atoms. The zero-order chi connectivity index (χ0) is 15.3. The zero-order valence-corrected chi connectivity index (χ0v) is 12.0. The van der Waals surface area contributed by atoms with E-state index >= 15 is 0 Å². The molecule has 6 heteroatoms. The van der Waals surface area contributed by atoms with Crippen LogP contribution in [0.4, 0.5) is 4.39 Å². The van der Waals surface area contributed by atoms with Gasteiger partial charge in [0.25, 0.3) is 5.56 Å². The topological polar surface area (TPSA) is 55.2 Å². The summed E-state index contributed by atoms with van der Waals surface area (Å²) in [6.45, 7) is 1.20. The Balaban J connectivity index is 1.59. The Morgan fingerprint density at radius 2 is 2.09 bits per heavy atom. The molecule has 2 aliphatic rings. The van der Waals surface area contributed by atoms with E-state index in [1.807, 2.05) is 4.90 Å². The third-order valence-corrected chi connectivity index (χ3v) is 4.47. The molecule has 1 aliphatic carbocycles. The van der Waals surface area contributed by atoms with Gasteiger partial charge in [0.05, 0.1) is 17.2 Å². The van der Waals surface area contributed by atoms with Crippen molar-refractivity contribution in [3.63, 3.8) is 0 Å². The van der Waals surface area contributed by atoms with E-state index in [9.17, 15) is 14.0 Å². The molecule has 0 N–H and O–H groups in total. The van der Waals surface area contributed by atoms with E-state index in [-0.39, 0.29) is 17.4 Å². The number of likely N-dealkylation sites (tertiary alicyclic amines) is 1. The summed E-state index contributed by atoms with van der Waals surface area (Å²) in [5.41, 5.74) is 0.186. The monoisotopic (exact) mass is 301 g/mol. The Morgan fingerprint density at radius 3 is 2.86 bits per heavy atom. The van der Waals surface area contributed by atoms with Gasteiger partial charge in [-0.15, -0.1) is 0 Å². The van der Waals surface area contributed by atoms with E-state index in [4.69, 9.17) is 0 Å². The van der Waals surface area contributed by atoms with Gasteiger partial charge in [0.1, 0.15) is 5.82 Å². The minimum atomic E-state index is -0.404. The summed E-state index contributed by atoms with van der Waals surface area (Å²) in [7, 11) is 0. The lowest BCUT2D eigenvalue weighted by atomic mass is 10.1. The molecule has 0 unspecified atom stereocenters. The quantitative estimate of drug-likeness (QED) is 0.864. The zero-order valence-electron chi connectivity index (χ0n) is 12.0. The van der Waals surface area contributed by atoms with Gasteiger partial charge in [0.2, 0.25) is 5.91 Å². The highest BCUT2D eigenvalue weighted by molar-refractivity contribution is 5.79. The third kappa shape index (κ3) is 2.28. The lowest BCUT2D eigenvalue weighted by Crippen LogP contribution is -2.29. The molecule has 2 fully saturated rings. The molecule has 4 rings (SSSR count). The van der Waals surface area contributed by atoms with Gasteiger partial charge in [-0.3, -0.25) is 14.2 Å². The van der Waals surface area contributed by atoms with E-state index < -0.39 is 5.82 Å². The number of carbonyl (C=O) groups excluding carboxylic acids is 1. The molecule has 0 bridgehead atoms. The van der Waals surface area contributed by atoms with Gasteiger partial charge in [-0.2, -0.15) is 0 Å². The highest BCUT2D eigenvalue weighted by atomic mass is 19.1. The lowest BCUT2D eigenvalue weighted by molar-refractivity contribution is -0.128. The van der Waals surface area contributed by atoms with E-state index in [0.717, 1.165) is 19.4 Å². The minimum Gasteiger partial charge on any atom is -0.339 e. The van der Waals surface area contributed by atoms with Gasteiger partial charge in [-0.05, 0) is 25.0 Å². The molecule has 1 aromatic heterocycles. The number of amides is 1. The van der Waals surface area contributed by atoms with E-state index in [1.165, 1.54) is 29.1 Å². The molecule has 2 aromatic rings. The fourth-order valence-corrected chi connectivity index (χ4v) is 3.21. The predicted octanol–water partition coefficient (Wildman–Crippen LogP) is 1.55. The van der Waals surface area contributed by atoms with Crippen LogP contribution in [0.1, 0.15) is 19.3 Å². The maximum absolute atomic E-state index is 13.2. The van der Waals surface area contributed by atoms with E-state index in [0.29, 0.717) is 29.9 Å². The van der Waals surface area contributed by atoms with Crippen molar-refractivity contribution in [1.82, 2.24) is 14.5 Å². The predicted molar refractivity (Wildman–Crippen MR) is 78.8 cm³/mol. The summed E-state index contributed by atoms with van der Waals surface area (Å²) in [5, 5.41) is 0.410. The van der Waals surface area contributed by atoms with Crippen molar-refractivity contribution in [2.45, 2.75) is 31.8 Å². The second kappa shape index (κ2) is 4.90. The number of aromatic nitrogens is 2. The van der Waals surface area contributed by atoms with E-state index in [2.05, 4.69) is 4.98 Å². The molecule has 1 saturated carbocycles. The van der Waals surface area contributed by atoms with Gasteiger partial charge in [-0.1, -0.05) is 0 Å². The molecular weight excluding hydrogens is 285 g/mol. The van der Waals surface area contributed by atoms with Crippen LogP contribution in [0.2, 0.25) is 0 Å². The molecule has 22 heavy (non-hydrogen) atoms. The molecule has 2 heterocycles. The number of fused-ring (bicyclic) bond motifs is 1. The molecule has 1 atom stereocenters. The van der Waals surface area contributed by atoms with Crippen molar-refractivity contribution in [3.05, 3.63) is 40.7 Å². The minimum absolute atomic E-state index is 0.144. The number of hydrogen-bond acceptors (Lipinski definition) is 3. The van der Waals surface area contributed by atoms with Crippen LogP contribution < -0.4 is 5.56 Å². The van der Waals surface area contributed by atoms with Crippen molar-refractivity contribution < 1.29 is 9.18 Å².